The van der Waals surface area contributed by atoms with Crippen LogP contribution in [0, 0.1) is 0 Å². The lowest BCUT2D eigenvalue weighted by molar-refractivity contribution is -0.145. The van der Waals surface area contributed by atoms with Crippen molar-refractivity contribution < 1.29 is 14.3 Å². The number of benzene rings is 1. The molecule has 0 aromatic heterocycles. The minimum atomic E-state index is -1.68. The predicted octanol–water partition coefficient (Wildman–Crippen LogP) is 2.94. The highest BCUT2D eigenvalue weighted by Crippen LogP contribution is 2.26. The number of esters is 1. The zero-order valence-electron chi connectivity index (χ0n) is 10.1. The molecule has 0 saturated heterocycles. The van der Waals surface area contributed by atoms with Gasteiger partial charge < -0.3 is 10.5 Å². The third-order valence-electron chi connectivity index (χ3n) is 2.33. The molecule has 0 fully saturated rings. The van der Waals surface area contributed by atoms with Crippen molar-refractivity contribution in [1.29, 1.82) is 0 Å². The molecule has 8 heteroatoms. The van der Waals surface area contributed by atoms with E-state index in [1.54, 1.807) is 18.2 Å². The smallest absolute Gasteiger partial charge is 0.323 e. The molecule has 0 bridgehead atoms. The molecular formula is C12H11Cl4NO3. The van der Waals surface area contributed by atoms with Crippen LogP contribution in [0.4, 0.5) is 0 Å². The molecule has 2 N–H and O–H groups in total. The average Bonchev–Trinajstić information content (AvgIpc) is 2.35. The lowest BCUT2D eigenvalue weighted by atomic mass is 10.1. The molecule has 1 rings (SSSR count). The van der Waals surface area contributed by atoms with Gasteiger partial charge in [-0.05, 0) is 24.1 Å². The van der Waals surface area contributed by atoms with E-state index in [0.717, 1.165) is 0 Å². The van der Waals surface area contributed by atoms with Crippen molar-refractivity contribution in [2.75, 3.05) is 6.61 Å². The minimum absolute atomic E-state index is 0.192. The number of hydrogen-bond donors (Lipinski definition) is 1. The van der Waals surface area contributed by atoms with E-state index in [1.165, 1.54) is 0 Å². The van der Waals surface area contributed by atoms with E-state index in [1.807, 2.05) is 0 Å². The van der Waals surface area contributed by atoms with Gasteiger partial charge in [-0.1, -0.05) is 52.5 Å². The summed E-state index contributed by atoms with van der Waals surface area (Å²) in [5, 5.41) is 0.291. The van der Waals surface area contributed by atoms with E-state index < -0.39 is 15.8 Å². The van der Waals surface area contributed by atoms with Crippen LogP contribution in [0.5, 0.6) is 0 Å². The summed E-state index contributed by atoms with van der Waals surface area (Å²) >= 11 is 22.2. The quantitative estimate of drug-likeness (QED) is 0.499. The van der Waals surface area contributed by atoms with Gasteiger partial charge in [0.05, 0.1) is 5.02 Å². The normalized spacial score (nSPS) is 12.8. The lowest BCUT2D eigenvalue weighted by Gasteiger charge is -2.15. The Morgan fingerprint density at radius 2 is 2.05 bits per heavy atom. The van der Waals surface area contributed by atoms with Crippen LogP contribution in [0.2, 0.25) is 5.02 Å². The molecule has 1 aromatic rings. The third kappa shape index (κ3) is 5.85. The second-order valence-corrected chi connectivity index (χ2v) is 6.93. The molecule has 0 unspecified atom stereocenters. The first-order valence-electron chi connectivity index (χ1n) is 5.45. The SMILES string of the molecule is N[C@H](Cc1ccc(C=O)c(Cl)c1)C(=O)OCC(Cl)(Cl)Cl. The fourth-order valence-corrected chi connectivity index (χ4v) is 1.80. The molecular weight excluding hydrogens is 348 g/mol. The molecule has 0 radical (unpaired) electrons. The number of alkyl halides is 3. The molecule has 1 atom stereocenters. The fourth-order valence-electron chi connectivity index (χ4n) is 1.39. The zero-order valence-corrected chi connectivity index (χ0v) is 13.1. The van der Waals surface area contributed by atoms with Crippen molar-refractivity contribution in [2.45, 2.75) is 16.3 Å². The van der Waals surface area contributed by atoms with Gasteiger partial charge in [-0.2, -0.15) is 0 Å². The van der Waals surface area contributed by atoms with E-state index in [0.29, 0.717) is 22.4 Å². The second kappa shape index (κ2) is 7.48. The molecule has 4 nitrogen and oxygen atoms in total. The van der Waals surface area contributed by atoms with Gasteiger partial charge in [-0.15, -0.1) is 0 Å². The Hall–Kier alpha value is -0.520. The van der Waals surface area contributed by atoms with Crippen LogP contribution < -0.4 is 5.73 Å². The van der Waals surface area contributed by atoms with Crippen LogP contribution in [-0.2, 0) is 16.0 Å². The summed E-state index contributed by atoms with van der Waals surface area (Å²) < 4.78 is 3.09. The molecule has 0 amide bonds. The number of ether oxygens (including phenoxy) is 1. The first-order chi connectivity index (χ1) is 9.23. The Morgan fingerprint density at radius 3 is 2.55 bits per heavy atom. The molecule has 0 spiro atoms. The van der Waals surface area contributed by atoms with Crippen LogP contribution >= 0.6 is 46.4 Å². The number of carbonyl (C=O) groups excluding carboxylic acids is 2. The highest BCUT2D eigenvalue weighted by Gasteiger charge is 2.24. The third-order valence-corrected chi connectivity index (χ3v) is 2.98. The van der Waals surface area contributed by atoms with Crippen molar-refractivity contribution in [1.82, 2.24) is 0 Å². The fraction of sp³-hybridized carbons (Fsp3) is 0.333. The average molecular weight is 359 g/mol. The second-order valence-electron chi connectivity index (χ2n) is 4.01. The number of rotatable bonds is 5. The summed E-state index contributed by atoms with van der Waals surface area (Å²) in [7, 11) is 0. The highest BCUT2D eigenvalue weighted by molar-refractivity contribution is 6.67. The van der Waals surface area contributed by atoms with Crippen LogP contribution in [0.1, 0.15) is 15.9 Å². The van der Waals surface area contributed by atoms with Crippen molar-refractivity contribution >= 4 is 58.7 Å². The number of carbonyl (C=O) groups is 2. The molecule has 0 heterocycles. The van der Waals surface area contributed by atoms with E-state index in [2.05, 4.69) is 0 Å². The van der Waals surface area contributed by atoms with Gasteiger partial charge in [-0.25, -0.2) is 0 Å². The maximum atomic E-state index is 11.6. The van der Waals surface area contributed by atoms with Crippen molar-refractivity contribution in [2.24, 2.45) is 5.73 Å². The van der Waals surface area contributed by atoms with Gasteiger partial charge in [0.1, 0.15) is 12.6 Å². The monoisotopic (exact) mass is 357 g/mol. The topological polar surface area (TPSA) is 69.4 Å². The summed E-state index contributed by atoms with van der Waals surface area (Å²) in [6.07, 6.45) is 0.832. The molecule has 20 heavy (non-hydrogen) atoms. The van der Waals surface area contributed by atoms with Crippen LogP contribution in [-0.4, -0.2) is 28.7 Å². The summed E-state index contributed by atoms with van der Waals surface area (Å²) in [6.45, 7) is -0.380. The number of aldehydes is 1. The first-order valence-corrected chi connectivity index (χ1v) is 6.96. The number of halogens is 4. The standard InChI is InChI=1S/C12H11Cl4NO3/c13-9-3-7(1-2-8(9)5-18)4-10(17)11(19)20-6-12(14,15)16/h1-3,5,10H,4,6,17H2/t10-/m1/s1. The summed E-state index contributed by atoms with van der Waals surface area (Å²) in [5.74, 6) is -0.688. The van der Waals surface area contributed by atoms with Gasteiger partial charge in [0.2, 0.25) is 3.79 Å². The van der Waals surface area contributed by atoms with Crippen molar-refractivity contribution in [3.05, 3.63) is 34.3 Å². The predicted molar refractivity (Wildman–Crippen MR) is 79.8 cm³/mol. The molecule has 110 valence electrons. The number of nitrogens with two attached hydrogens (primary N) is 1. The van der Waals surface area contributed by atoms with Gasteiger partial charge in [0.25, 0.3) is 0 Å². The first kappa shape index (κ1) is 17.5. The summed E-state index contributed by atoms with van der Waals surface area (Å²) in [5.41, 5.74) is 6.74. The Labute approximate surface area is 136 Å². The highest BCUT2D eigenvalue weighted by atomic mass is 35.6. The Kier molecular flexibility index (Phi) is 6.55. The summed E-state index contributed by atoms with van der Waals surface area (Å²) in [4.78, 5) is 22.2. The Bertz CT molecular complexity index is 502. The zero-order chi connectivity index (χ0) is 15.3. The molecule has 0 aliphatic carbocycles. The van der Waals surface area contributed by atoms with Crippen molar-refractivity contribution in [3.8, 4) is 0 Å². The Morgan fingerprint density at radius 1 is 1.40 bits per heavy atom. The maximum Gasteiger partial charge on any atom is 0.323 e. The van der Waals surface area contributed by atoms with Gasteiger partial charge in [0.15, 0.2) is 6.29 Å². The minimum Gasteiger partial charge on any atom is -0.460 e. The van der Waals surface area contributed by atoms with Crippen LogP contribution in [0.3, 0.4) is 0 Å². The van der Waals surface area contributed by atoms with E-state index in [9.17, 15) is 9.59 Å². The Balaban J connectivity index is 2.61. The van der Waals surface area contributed by atoms with Crippen LogP contribution in [0.15, 0.2) is 18.2 Å². The molecule has 1 aromatic carbocycles. The molecule has 0 saturated carbocycles. The van der Waals surface area contributed by atoms with Gasteiger partial charge >= 0.3 is 5.97 Å². The van der Waals surface area contributed by atoms with E-state index in [-0.39, 0.29) is 13.0 Å². The van der Waals surface area contributed by atoms with E-state index >= 15 is 0 Å². The molecule has 0 aliphatic heterocycles. The van der Waals surface area contributed by atoms with Crippen LogP contribution in [0.25, 0.3) is 0 Å². The summed E-state index contributed by atoms with van der Waals surface area (Å²) in [6, 6.07) is 3.84. The number of hydrogen-bond acceptors (Lipinski definition) is 4. The largest absolute Gasteiger partial charge is 0.460 e. The molecule has 0 aliphatic rings. The maximum absolute atomic E-state index is 11.6. The van der Waals surface area contributed by atoms with Crippen molar-refractivity contribution in [3.63, 3.8) is 0 Å². The lowest BCUT2D eigenvalue weighted by Crippen LogP contribution is -2.36. The van der Waals surface area contributed by atoms with E-state index in [4.69, 9.17) is 56.9 Å². The van der Waals surface area contributed by atoms with Gasteiger partial charge in [0, 0.05) is 5.56 Å². The van der Waals surface area contributed by atoms with Gasteiger partial charge in [-0.3, -0.25) is 9.59 Å².